The molecule has 1 saturated heterocycles. The maximum Gasteiger partial charge on any atom is 0.165 e. The third kappa shape index (κ3) is 4.70. The van der Waals surface area contributed by atoms with Crippen LogP contribution in [0.15, 0.2) is 18.2 Å². The summed E-state index contributed by atoms with van der Waals surface area (Å²) in [5.41, 5.74) is 0.732. The zero-order chi connectivity index (χ0) is 14.2. The molecule has 0 bridgehead atoms. The van der Waals surface area contributed by atoms with E-state index in [4.69, 9.17) is 21.1 Å². The molecule has 20 heavy (non-hydrogen) atoms. The van der Waals surface area contributed by atoms with E-state index < -0.39 is 0 Å². The summed E-state index contributed by atoms with van der Waals surface area (Å²) in [6.07, 6.45) is 3.88. The maximum atomic E-state index is 13.7. The van der Waals surface area contributed by atoms with E-state index in [-0.39, 0.29) is 17.7 Å². The molecule has 1 fully saturated rings. The van der Waals surface area contributed by atoms with Gasteiger partial charge in [0.15, 0.2) is 11.6 Å². The monoisotopic (exact) mass is 296 g/mol. The van der Waals surface area contributed by atoms with Gasteiger partial charge in [-0.2, -0.15) is 0 Å². The van der Waals surface area contributed by atoms with Crippen molar-refractivity contribution in [2.45, 2.75) is 31.8 Å². The number of halogens is 2. The van der Waals surface area contributed by atoms with Crippen molar-refractivity contribution in [2.75, 3.05) is 19.1 Å². The summed E-state index contributed by atoms with van der Waals surface area (Å²) in [7, 11) is 0. The van der Waals surface area contributed by atoms with Crippen molar-refractivity contribution in [3.05, 3.63) is 29.6 Å². The summed E-state index contributed by atoms with van der Waals surface area (Å²) >= 11 is 5.56. The SMILES string of the molecule is Fc1ccc(C#CCCCl)cc1OCC1CCCCO1. The lowest BCUT2D eigenvalue weighted by Crippen LogP contribution is -2.26. The van der Waals surface area contributed by atoms with Crippen LogP contribution in [0.2, 0.25) is 0 Å². The fourth-order valence-electron chi connectivity index (χ4n) is 2.03. The van der Waals surface area contributed by atoms with E-state index in [0.29, 0.717) is 18.9 Å². The largest absolute Gasteiger partial charge is 0.488 e. The van der Waals surface area contributed by atoms with E-state index in [1.165, 1.54) is 6.07 Å². The second kappa shape index (κ2) is 8.14. The molecule has 0 N–H and O–H groups in total. The molecule has 1 unspecified atom stereocenters. The molecule has 0 radical (unpaired) electrons. The highest BCUT2D eigenvalue weighted by Gasteiger charge is 2.15. The second-order valence-electron chi connectivity index (χ2n) is 4.69. The Kier molecular flexibility index (Phi) is 6.17. The lowest BCUT2D eigenvalue weighted by Gasteiger charge is -2.22. The summed E-state index contributed by atoms with van der Waals surface area (Å²) in [6, 6.07) is 4.64. The van der Waals surface area contributed by atoms with Crippen LogP contribution in [0.5, 0.6) is 5.75 Å². The molecule has 108 valence electrons. The highest BCUT2D eigenvalue weighted by atomic mass is 35.5. The number of rotatable bonds is 4. The van der Waals surface area contributed by atoms with Crippen molar-refractivity contribution in [3.63, 3.8) is 0 Å². The number of hydrogen-bond acceptors (Lipinski definition) is 2. The second-order valence-corrected chi connectivity index (χ2v) is 5.06. The van der Waals surface area contributed by atoms with E-state index in [0.717, 1.165) is 31.4 Å². The Labute approximate surface area is 124 Å². The van der Waals surface area contributed by atoms with Gasteiger partial charge in [0.25, 0.3) is 0 Å². The first-order valence-corrected chi connectivity index (χ1v) is 7.42. The van der Waals surface area contributed by atoms with Gasteiger partial charge >= 0.3 is 0 Å². The van der Waals surface area contributed by atoms with Crippen LogP contribution in [0.1, 0.15) is 31.2 Å². The Morgan fingerprint density at radius 2 is 2.30 bits per heavy atom. The van der Waals surface area contributed by atoms with Gasteiger partial charge in [-0.1, -0.05) is 11.8 Å². The normalized spacial score (nSPS) is 18.2. The molecule has 0 saturated carbocycles. The van der Waals surface area contributed by atoms with Gasteiger partial charge in [0.05, 0.1) is 6.10 Å². The predicted octanol–water partition coefficient (Wildman–Crippen LogP) is 3.75. The van der Waals surface area contributed by atoms with Crippen molar-refractivity contribution in [3.8, 4) is 17.6 Å². The summed E-state index contributed by atoms with van der Waals surface area (Å²) in [6.45, 7) is 1.15. The van der Waals surface area contributed by atoms with Crippen LogP contribution in [-0.2, 0) is 4.74 Å². The van der Waals surface area contributed by atoms with Gasteiger partial charge in [0.1, 0.15) is 6.61 Å². The third-order valence-electron chi connectivity index (χ3n) is 3.08. The topological polar surface area (TPSA) is 18.5 Å². The van der Waals surface area contributed by atoms with Crippen molar-refractivity contribution < 1.29 is 13.9 Å². The molecule has 4 heteroatoms. The summed E-state index contributed by atoms with van der Waals surface area (Å²) in [5.74, 6) is 6.22. The van der Waals surface area contributed by atoms with Gasteiger partial charge in [0, 0.05) is 24.5 Å². The molecule has 1 aliphatic rings. The standard InChI is InChI=1S/C16H18ClFO2/c17-9-3-1-5-13-7-8-15(18)16(11-13)20-12-14-6-2-4-10-19-14/h7-8,11,14H,2-4,6,9-10,12H2. The molecule has 1 heterocycles. The predicted molar refractivity (Wildman–Crippen MR) is 77.7 cm³/mol. The van der Waals surface area contributed by atoms with Crippen molar-refractivity contribution in [1.29, 1.82) is 0 Å². The van der Waals surface area contributed by atoms with Crippen LogP contribution in [0, 0.1) is 17.7 Å². The molecular weight excluding hydrogens is 279 g/mol. The molecule has 1 aromatic rings. The lowest BCUT2D eigenvalue weighted by atomic mass is 10.1. The summed E-state index contributed by atoms with van der Waals surface area (Å²) in [4.78, 5) is 0. The molecule has 1 aliphatic heterocycles. The van der Waals surface area contributed by atoms with Crippen LogP contribution in [0.25, 0.3) is 0 Å². The Balaban J connectivity index is 1.95. The van der Waals surface area contributed by atoms with E-state index in [2.05, 4.69) is 11.8 Å². The van der Waals surface area contributed by atoms with E-state index >= 15 is 0 Å². The molecule has 0 amide bonds. The smallest absolute Gasteiger partial charge is 0.165 e. The Bertz CT molecular complexity index is 487. The van der Waals surface area contributed by atoms with Crippen LogP contribution < -0.4 is 4.74 Å². The van der Waals surface area contributed by atoms with Gasteiger partial charge in [0.2, 0.25) is 0 Å². The maximum absolute atomic E-state index is 13.7. The minimum Gasteiger partial charge on any atom is -0.488 e. The molecule has 0 aliphatic carbocycles. The first-order chi connectivity index (χ1) is 9.79. The van der Waals surface area contributed by atoms with Crippen LogP contribution in [-0.4, -0.2) is 25.2 Å². The minimum atomic E-state index is -0.372. The Hall–Kier alpha value is -1.24. The number of ether oxygens (including phenoxy) is 2. The molecule has 2 rings (SSSR count). The fraction of sp³-hybridized carbons (Fsp3) is 0.500. The fourth-order valence-corrected chi connectivity index (χ4v) is 2.12. The number of hydrogen-bond donors (Lipinski definition) is 0. The highest BCUT2D eigenvalue weighted by Crippen LogP contribution is 2.20. The van der Waals surface area contributed by atoms with E-state index in [9.17, 15) is 4.39 Å². The zero-order valence-corrected chi connectivity index (χ0v) is 12.1. The van der Waals surface area contributed by atoms with Crippen molar-refractivity contribution >= 4 is 11.6 Å². The third-order valence-corrected chi connectivity index (χ3v) is 3.27. The van der Waals surface area contributed by atoms with Gasteiger partial charge in [-0.15, -0.1) is 11.6 Å². The van der Waals surface area contributed by atoms with Gasteiger partial charge < -0.3 is 9.47 Å². The first-order valence-electron chi connectivity index (χ1n) is 6.88. The van der Waals surface area contributed by atoms with Crippen LogP contribution >= 0.6 is 11.6 Å². The number of benzene rings is 1. The lowest BCUT2D eigenvalue weighted by molar-refractivity contribution is -0.0117. The Morgan fingerprint density at radius 1 is 1.40 bits per heavy atom. The van der Waals surface area contributed by atoms with Gasteiger partial charge in [-0.3, -0.25) is 0 Å². The van der Waals surface area contributed by atoms with E-state index in [1.807, 2.05) is 0 Å². The molecule has 0 aromatic heterocycles. The van der Waals surface area contributed by atoms with Crippen molar-refractivity contribution in [2.24, 2.45) is 0 Å². The van der Waals surface area contributed by atoms with Gasteiger partial charge in [-0.25, -0.2) is 4.39 Å². The number of alkyl halides is 1. The first kappa shape index (κ1) is 15.2. The quantitative estimate of drug-likeness (QED) is 0.622. The summed E-state index contributed by atoms with van der Waals surface area (Å²) < 4.78 is 24.8. The summed E-state index contributed by atoms with van der Waals surface area (Å²) in [5, 5.41) is 0. The molecule has 2 nitrogen and oxygen atoms in total. The molecule has 0 spiro atoms. The van der Waals surface area contributed by atoms with Crippen LogP contribution in [0.3, 0.4) is 0 Å². The highest BCUT2D eigenvalue weighted by molar-refractivity contribution is 6.18. The average Bonchev–Trinajstić information content (AvgIpc) is 2.49. The molecule has 1 atom stereocenters. The molecular formula is C16H18ClFO2. The molecule has 1 aromatic carbocycles. The van der Waals surface area contributed by atoms with Gasteiger partial charge in [-0.05, 0) is 37.5 Å². The van der Waals surface area contributed by atoms with Crippen molar-refractivity contribution in [1.82, 2.24) is 0 Å². The van der Waals surface area contributed by atoms with E-state index in [1.54, 1.807) is 12.1 Å². The Morgan fingerprint density at radius 3 is 3.05 bits per heavy atom. The van der Waals surface area contributed by atoms with Crippen LogP contribution in [0.4, 0.5) is 4.39 Å². The average molecular weight is 297 g/mol. The zero-order valence-electron chi connectivity index (χ0n) is 11.3. The minimum absolute atomic E-state index is 0.0640.